The molecule has 1 atom stereocenters. The van der Waals surface area contributed by atoms with Gasteiger partial charge in [0.15, 0.2) is 0 Å². The molecule has 11 nitrogen and oxygen atoms in total. The second-order valence-electron chi connectivity index (χ2n) is 2.88. The average molecular weight is 372 g/mol. The van der Waals surface area contributed by atoms with Crippen LogP contribution in [-0.4, -0.2) is 62.2 Å². The smallest absolute Gasteiger partial charge is 0.300 e. The van der Waals surface area contributed by atoms with Gasteiger partial charge < -0.3 is 37.0 Å². The van der Waals surface area contributed by atoms with Crippen molar-refractivity contribution in [2.75, 3.05) is 6.54 Å². The number of rotatable bonds is 1. The van der Waals surface area contributed by atoms with Gasteiger partial charge in [0.05, 0.1) is 0 Å². The van der Waals surface area contributed by atoms with E-state index < -0.39 is 30.1 Å². The molecule has 0 amide bonds. The molecule has 0 aliphatic heterocycles. The van der Waals surface area contributed by atoms with Crippen LogP contribution in [0.25, 0.3) is 0 Å². The Hall–Kier alpha value is -1.72. The Balaban J connectivity index is -0.0000000361. The third-order valence-corrected chi connectivity index (χ3v) is 0.241. The van der Waals surface area contributed by atoms with Gasteiger partial charge in [-0.2, -0.15) is 0 Å². The van der Waals surface area contributed by atoms with Crippen LogP contribution in [0.5, 0.6) is 0 Å². The van der Waals surface area contributed by atoms with Crippen molar-refractivity contribution in [3.63, 3.8) is 0 Å². The van der Waals surface area contributed by atoms with Crippen LogP contribution in [0.2, 0.25) is 0 Å². The van der Waals surface area contributed by atoms with Crippen LogP contribution in [0.1, 0.15) is 27.7 Å². The summed E-state index contributed by atoms with van der Waals surface area (Å²) in [6.07, 6.45) is -0.838. The molecule has 22 heavy (non-hydrogen) atoms. The first-order valence-corrected chi connectivity index (χ1v) is 5.12. The van der Waals surface area contributed by atoms with Gasteiger partial charge in [-0.1, -0.05) is 0 Å². The molecule has 1 unspecified atom stereocenters. The minimum atomic E-state index is -0.838. The van der Waals surface area contributed by atoms with E-state index in [9.17, 15) is 0 Å². The van der Waals surface area contributed by atoms with Crippen molar-refractivity contribution in [1.29, 1.82) is 0 Å². The van der Waals surface area contributed by atoms with Crippen molar-refractivity contribution in [1.82, 2.24) is 0 Å². The Morgan fingerprint density at radius 1 is 0.773 bits per heavy atom. The summed E-state index contributed by atoms with van der Waals surface area (Å²) in [6.45, 7) is 4.47. The van der Waals surface area contributed by atoms with Crippen molar-refractivity contribution in [3.05, 3.63) is 0 Å². The fourth-order valence-corrected chi connectivity index (χ4v) is 0. The zero-order valence-electron chi connectivity index (χ0n) is 12.7. The van der Waals surface area contributed by atoms with E-state index >= 15 is 0 Å². The van der Waals surface area contributed by atoms with Crippen LogP contribution in [-0.2, 0) is 36.2 Å². The minimum absolute atomic E-state index is 0. The fourth-order valence-electron chi connectivity index (χ4n) is 0. The van der Waals surface area contributed by atoms with E-state index in [0.717, 1.165) is 27.7 Å². The van der Waals surface area contributed by atoms with Gasteiger partial charge in [-0.3, -0.25) is 19.2 Å². The van der Waals surface area contributed by atoms with Gasteiger partial charge in [0.2, 0.25) is 0 Å². The molecule has 0 aromatic heterocycles. The predicted molar refractivity (Wildman–Crippen MR) is 72.5 cm³/mol. The largest absolute Gasteiger partial charge is 0.481 e. The van der Waals surface area contributed by atoms with E-state index in [1.165, 1.54) is 0 Å². The van der Waals surface area contributed by atoms with Crippen molar-refractivity contribution >= 4 is 23.9 Å². The van der Waals surface area contributed by atoms with Crippen molar-refractivity contribution in [2.45, 2.75) is 33.9 Å². The summed E-state index contributed by atoms with van der Waals surface area (Å²) in [5.41, 5.74) is 9.52. The minimum Gasteiger partial charge on any atom is -0.481 e. The third kappa shape index (κ3) is 69900. The number of hydrogen-bond acceptors (Lipinski definition) is 7. The normalized spacial score (nSPS) is 7.95. The van der Waals surface area contributed by atoms with E-state index in [0.29, 0.717) is 0 Å². The first-order valence-electron chi connectivity index (χ1n) is 5.12. The number of carboxylic acid groups (broad SMARTS) is 4. The summed E-state index contributed by atoms with van der Waals surface area (Å²) in [7, 11) is 0. The number of carboxylic acids is 4. The maximum absolute atomic E-state index is 9.00. The van der Waals surface area contributed by atoms with Crippen LogP contribution in [0.3, 0.4) is 0 Å². The van der Waals surface area contributed by atoms with E-state index in [1.54, 1.807) is 0 Å². The number of nitrogens with two attached hydrogens (primary N) is 2. The molecule has 0 heterocycles. The number of aliphatic hydroxyl groups is 1. The van der Waals surface area contributed by atoms with E-state index in [4.69, 9.17) is 56.2 Å². The maximum atomic E-state index is 9.00. The number of aliphatic hydroxyl groups excluding tert-OH is 1. The van der Waals surface area contributed by atoms with Crippen LogP contribution >= 0.6 is 0 Å². The molecule has 0 saturated heterocycles. The molecule has 0 aliphatic carbocycles. The molecule has 0 rings (SSSR count). The number of carbonyl (C=O) groups is 4. The SMILES string of the molecule is CC(=O)O.CC(=O)O.CC(=O)O.CC(=O)O.NCC(N)O.[Fe]. The van der Waals surface area contributed by atoms with Crippen molar-refractivity contribution in [3.8, 4) is 0 Å². The second-order valence-corrected chi connectivity index (χ2v) is 2.88. The first kappa shape index (κ1) is 37.0. The molecule has 0 aromatic rings. The van der Waals surface area contributed by atoms with Crippen LogP contribution in [0.15, 0.2) is 0 Å². The van der Waals surface area contributed by atoms with E-state index in [2.05, 4.69) is 0 Å². The van der Waals surface area contributed by atoms with Gasteiger partial charge >= 0.3 is 0 Å². The van der Waals surface area contributed by atoms with Crippen molar-refractivity contribution < 1.29 is 61.8 Å². The van der Waals surface area contributed by atoms with Gasteiger partial charge in [0, 0.05) is 51.3 Å². The molecule has 9 N–H and O–H groups in total. The van der Waals surface area contributed by atoms with Gasteiger partial charge in [0.1, 0.15) is 6.23 Å². The number of hydrogen-bond donors (Lipinski definition) is 7. The summed E-state index contributed by atoms with van der Waals surface area (Å²) in [4.78, 5) is 36.0. The molecule has 0 saturated carbocycles. The quantitative estimate of drug-likeness (QED) is 0.209. The molecule has 0 aromatic carbocycles. The topological polar surface area (TPSA) is 221 Å². The average Bonchev–Trinajstić information content (AvgIpc) is 2.13. The summed E-state index contributed by atoms with van der Waals surface area (Å²) >= 11 is 0. The Bertz CT molecular complexity index is 222. The Morgan fingerprint density at radius 2 is 0.818 bits per heavy atom. The Labute approximate surface area is 138 Å². The fraction of sp³-hybridized carbons (Fsp3) is 0.600. The predicted octanol–water partition coefficient (Wildman–Crippen LogP) is -1.42. The van der Waals surface area contributed by atoms with Gasteiger partial charge in [-0.15, -0.1) is 0 Å². The van der Waals surface area contributed by atoms with Gasteiger partial charge in [-0.05, 0) is 0 Å². The zero-order chi connectivity index (χ0) is 18.6. The monoisotopic (exact) mass is 372 g/mol. The van der Waals surface area contributed by atoms with E-state index in [-0.39, 0.29) is 23.6 Å². The molecule has 0 radical (unpaired) electrons. The summed E-state index contributed by atoms with van der Waals surface area (Å²) in [5.74, 6) is -3.33. The molecule has 12 heteroatoms. The van der Waals surface area contributed by atoms with Crippen LogP contribution < -0.4 is 11.5 Å². The third-order valence-electron chi connectivity index (χ3n) is 0.241. The zero-order valence-corrected chi connectivity index (χ0v) is 13.8. The van der Waals surface area contributed by atoms with Gasteiger partial charge in [0.25, 0.3) is 23.9 Å². The molecule has 0 spiro atoms. The number of aliphatic carboxylic acids is 4. The molecule has 0 bridgehead atoms. The maximum Gasteiger partial charge on any atom is 0.300 e. The second kappa shape index (κ2) is 31.6. The molecule has 136 valence electrons. The van der Waals surface area contributed by atoms with Crippen LogP contribution in [0.4, 0.5) is 0 Å². The Kier molecular flexibility index (Phi) is 53.1. The summed E-state index contributed by atoms with van der Waals surface area (Å²) < 4.78 is 0. The summed E-state index contributed by atoms with van der Waals surface area (Å²) in [5, 5.41) is 37.7. The Morgan fingerprint density at radius 3 is 0.818 bits per heavy atom. The standard InChI is InChI=1S/C2H8N2O.4C2H4O2.Fe/c3-1-2(4)5;4*1-2(3)4;/h2,5H,1,3-4H2;4*1H3,(H,3,4);. The summed E-state index contributed by atoms with van der Waals surface area (Å²) in [6, 6.07) is 0. The van der Waals surface area contributed by atoms with Crippen LogP contribution in [0, 0.1) is 0 Å². The molecule has 0 fully saturated rings. The van der Waals surface area contributed by atoms with Crippen molar-refractivity contribution in [2.24, 2.45) is 11.5 Å². The van der Waals surface area contributed by atoms with E-state index in [1.807, 2.05) is 0 Å². The molecular formula is C10H24FeN2O9. The molecular weight excluding hydrogens is 348 g/mol. The van der Waals surface area contributed by atoms with Gasteiger partial charge in [-0.25, -0.2) is 0 Å². The first-order chi connectivity index (χ1) is 9.20. The molecule has 0 aliphatic rings.